The molecule has 0 fully saturated rings. The minimum Gasteiger partial charge on any atom is -0.494 e. The number of benzene rings is 1. The molecule has 14 heavy (non-hydrogen) atoms. The zero-order valence-electron chi connectivity index (χ0n) is 7.51. The minimum absolute atomic E-state index is 0.262. The van der Waals surface area contributed by atoms with E-state index in [0.29, 0.717) is 5.75 Å². The fourth-order valence-electron chi connectivity index (χ4n) is 0.898. The summed E-state index contributed by atoms with van der Waals surface area (Å²) in [6, 6.07) is 9.76. The van der Waals surface area contributed by atoms with Crippen molar-refractivity contribution in [3.05, 3.63) is 30.3 Å². The Morgan fingerprint density at radius 1 is 1.50 bits per heavy atom. The SMILES string of the molecule is O=S(=O)(O)CCCOc1c[c]ccc1. The summed E-state index contributed by atoms with van der Waals surface area (Å²) in [6.07, 6.45) is 0.272. The third-order valence-electron chi connectivity index (χ3n) is 1.49. The summed E-state index contributed by atoms with van der Waals surface area (Å²) in [5.74, 6) is 0.367. The van der Waals surface area contributed by atoms with Crippen LogP contribution < -0.4 is 4.74 Å². The van der Waals surface area contributed by atoms with E-state index in [1.54, 1.807) is 24.3 Å². The van der Waals surface area contributed by atoms with E-state index in [1.807, 2.05) is 0 Å². The van der Waals surface area contributed by atoms with Gasteiger partial charge in [-0.25, -0.2) is 0 Å². The van der Waals surface area contributed by atoms with Crippen molar-refractivity contribution in [1.29, 1.82) is 0 Å². The van der Waals surface area contributed by atoms with Gasteiger partial charge in [-0.05, 0) is 24.6 Å². The van der Waals surface area contributed by atoms with Gasteiger partial charge < -0.3 is 4.74 Å². The van der Waals surface area contributed by atoms with Crippen LogP contribution in [0.5, 0.6) is 5.75 Å². The smallest absolute Gasteiger partial charge is 0.264 e. The van der Waals surface area contributed by atoms with Crippen LogP contribution >= 0.6 is 0 Å². The fourth-order valence-corrected chi connectivity index (χ4v) is 1.38. The Morgan fingerprint density at radius 2 is 2.29 bits per heavy atom. The zero-order chi connectivity index (χ0) is 10.4. The Balaban J connectivity index is 2.23. The van der Waals surface area contributed by atoms with Gasteiger partial charge in [-0.2, -0.15) is 8.42 Å². The summed E-state index contributed by atoms with van der Waals surface area (Å²) in [6.45, 7) is 0.262. The van der Waals surface area contributed by atoms with E-state index in [2.05, 4.69) is 6.07 Å². The predicted molar refractivity (Wildman–Crippen MR) is 51.8 cm³/mol. The van der Waals surface area contributed by atoms with Crippen molar-refractivity contribution in [3.8, 4) is 5.75 Å². The Labute approximate surface area is 83.3 Å². The van der Waals surface area contributed by atoms with Crippen molar-refractivity contribution in [1.82, 2.24) is 0 Å². The zero-order valence-corrected chi connectivity index (χ0v) is 8.33. The molecule has 0 aromatic heterocycles. The molecular formula is C9H11O4S. The molecule has 4 nitrogen and oxygen atoms in total. The van der Waals surface area contributed by atoms with Gasteiger partial charge in [0.2, 0.25) is 0 Å². The van der Waals surface area contributed by atoms with Gasteiger partial charge in [-0.3, -0.25) is 4.55 Å². The molecule has 1 N–H and O–H groups in total. The molecule has 0 bridgehead atoms. The van der Waals surface area contributed by atoms with Crippen LogP contribution in [0.2, 0.25) is 0 Å². The van der Waals surface area contributed by atoms with Crippen molar-refractivity contribution in [2.45, 2.75) is 6.42 Å². The highest BCUT2D eigenvalue weighted by Gasteiger charge is 2.03. The largest absolute Gasteiger partial charge is 0.494 e. The summed E-state index contributed by atoms with van der Waals surface area (Å²) < 4.78 is 34.3. The fraction of sp³-hybridized carbons (Fsp3) is 0.333. The second kappa shape index (κ2) is 4.97. The first-order chi connectivity index (χ1) is 6.58. The van der Waals surface area contributed by atoms with Crippen LogP contribution in [-0.2, 0) is 10.1 Å². The molecule has 0 saturated heterocycles. The average molecular weight is 215 g/mol. The van der Waals surface area contributed by atoms with E-state index in [0.717, 1.165) is 0 Å². The lowest BCUT2D eigenvalue weighted by atomic mass is 10.3. The lowest BCUT2D eigenvalue weighted by Crippen LogP contribution is -2.08. The quantitative estimate of drug-likeness (QED) is 0.591. The van der Waals surface area contributed by atoms with Crippen molar-refractivity contribution in [3.63, 3.8) is 0 Å². The number of hydrogen-bond donors (Lipinski definition) is 1. The van der Waals surface area contributed by atoms with Crippen LogP contribution in [0, 0.1) is 6.07 Å². The number of ether oxygens (including phenoxy) is 1. The van der Waals surface area contributed by atoms with Crippen molar-refractivity contribution < 1.29 is 17.7 Å². The summed E-state index contributed by atoms with van der Waals surface area (Å²) in [5.41, 5.74) is 0. The van der Waals surface area contributed by atoms with Crippen LogP contribution in [0.4, 0.5) is 0 Å². The minimum atomic E-state index is -3.87. The maximum absolute atomic E-state index is 10.3. The normalized spacial score (nSPS) is 11.2. The van der Waals surface area contributed by atoms with Crippen LogP contribution in [0.15, 0.2) is 24.3 Å². The van der Waals surface area contributed by atoms with Crippen LogP contribution in [-0.4, -0.2) is 25.3 Å². The summed E-state index contributed by atoms with van der Waals surface area (Å²) in [4.78, 5) is 0. The second-order valence-corrected chi connectivity index (χ2v) is 4.30. The molecule has 0 saturated carbocycles. The number of hydrogen-bond acceptors (Lipinski definition) is 3. The van der Waals surface area contributed by atoms with Gasteiger partial charge in [0.05, 0.1) is 12.4 Å². The summed E-state index contributed by atoms with van der Waals surface area (Å²) in [5, 5.41) is 0. The molecular weight excluding hydrogens is 204 g/mol. The van der Waals surface area contributed by atoms with Gasteiger partial charge in [0.1, 0.15) is 5.75 Å². The molecule has 77 valence electrons. The Morgan fingerprint density at radius 3 is 2.86 bits per heavy atom. The highest BCUT2D eigenvalue weighted by molar-refractivity contribution is 7.85. The molecule has 1 aromatic carbocycles. The highest BCUT2D eigenvalue weighted by Crippen LogP contribution is 2.07. The van der Waals surface area contributed by atoms with E-state index in [1.165, 1.54) is 0 Å². The molecule has 0 amide bonds. The molecule has 0 atom stereocenters. The standard InChI is InChI=1S/C9H11O4S/c10-14(11,12)8-4-7-13-9-5-2-1-3-6-9/h1-2,5-6H,4,7-8H2,(H,10,11,12). The monoisotopic (exact) mass is 215 g/mol. The van der Waals surface area contributed by atoms with Crippen LogP contribution in [0.25, 0.3) is 0 Å². The third kappa shape index (κ3) is 4.84. The van der Waals surface area contributed by atoms with Gasteiger partial charge in [0.15, 0.2) is 0 Å². The maximum Gasteiger partial charge on any atom is 0.264 e. The Bertz CT molecular complexity index is 358. The van der Waals surface area contributed by atoms with Gasteiger partial charge in [-0.1, -0.05) is 12.1 Å². The average Bonchev–Trinajstić information content (AvgIpc) is 2.13. The predicted octanol–water partition coefficient (Wildman–Crippen LogP) is 1.14. The summed E-state index contributed by atoms with van der Waals surface area (Å²) in [7, 11) is -3.87. The van der Waals surface area contributed by atoms with E-state index >= 15 is 0 Å². The molecule has 0 aliphatic heterocycles. The summed E-state index contributed by atoms with van der Waals surface area (Å²) >= 11 is 0. The van der Waals surface area contributed by atoms with Crippen molar-refractivity contribution in [2.24, 2.45) is 0 Å². The van der Waals surface area contributed by atoms with Gasteiger partial charge >= 0.3 is 0 Å². The van der Waals surface area contributed by atoms with Gasteiger partial charge in [0, 0.05) is 0 Å². The van der Waals surface area contributed by atoms with Crippen LogP contribution in [0.3, 0.4) is 0 Å². The van der Waals surface area contributed by atoms with Crippen molar-refractivity contribution >= 4 is 10.1 Å². The lowest BCUT2D eigenvalue weighted by molar-refractivity contribution is 0.316. The Kier molecular flexibility index (Phi) is 3.91. The Hall–Kier alpha value is -1.07. The molecule has 0 aliphatic rings. The van der Waals surface area contributed by atoms with Crippen molar-refractivity contribution in [2.75, 3.05) is 12.4 Å². The second-order valence-electron chi connectivity index (χ2n) is 2.73. The third-order valence-corrected chi connectivity index (χ3v) is 2.30. The van der Waals surface area contributed by atoms with E-state index in [4.69, 9.17) is 9.29 Å². The lowest BCUT2D eigenvalue weighted by Gasteiger charge is -2.03. The van der Waals surface area contributed by atoms with E-state index in [-0.39, 0.29) is 18.8 Å². The first-order valence-corrected chi connectivity index (χ1v) is 5.73. The topological polar surface area (TPSA) is 63.6 Å². The molecule has 1 aromatic rings. The van der Waals surface area contributed by atoms with E-state index < -0.39 is 10.1 Å². The number of rotatable bonds is 5. The first-order valence-electron chi connectivity index (χ1n) is 4.12. The molecule has 0 heterocycles. The molecule has 1 radical (unpaired) electrons. The first kappa shape index (κ1) is 11.0. The molecule has 0 unspecified atom stereocenters. The molecule has 0 aliphatic carbocycles. The molecule has 5 heteroatoms. The van der Waals surface area contributed by atoms with Crippen LogP contribution in [0.1, 0.15) is 6.42 Å². The van der Waals surface area contributed by atoms with Gasteiger partial charge in [0.25, 0.3) is 10.1 Å². The molecule has 0 spiro atoms. The maximum atomic E-state index is 10.3. The van der Waals surface area contributed by atoms with Gasteiger partial charge in [-0.15, -0.1) is 0 Å². The van der Waals surface area contributed by atoms with E-state index in [9.17, 15) is 8.42 Å². The highest BCUT2D eigenvalue weighted by atomic mass is 32.2. The molecule has 1 rings (SSSR count).